The van der Waals surface area contributed by atoms with Crippen molar-refractivity contribution in [3.8, 4) is 0 Å². The van der Waals surface area contributed by atoms with Crippen LogP contribution in [0.3, 0.4) is 0 Å². The SMILES string of the molecule is CC1CN(CC2(CBr)CCC2)CCCO1. The van der Waals surface area contributed by atoms with E-state index in [4.69, 9.17) is 4.74 Å². The molecule has 1 atom stereocenters. The van der Waals surface area contributed by atoms with Gasteiger partial charge < -0.3 is 9.64 Å². The summed E-state index contributed by atoms with van der Waals surface area (Å²) in [6.07, 6.45) is 5.85. The van der Waals surface area contributed by atoms with Gasteiger partial charge in [-0.25, -0.2) is 0 Å². The predicted octanol–water partition coefficient (Wildman–Crippen LogP) is 2.66. The van der Waals surface area contributed by atoms with Crippen LogP contribution in [-0.4, -0.2) is 42.6 Å². The molecule has 3 heteroatoms. The van der Waals surface area contributed by atoms with Gasteiger partial charge in [0, 0.05) is 31.6 Å². The molecule has 1 heterocycles. The molecule has 0 aromatic rings. The number of nitrogens with zero attached hydrogens (tertiary/aromatic N) is 1. The van der Waals surface area contributed by atoms with Crippen LogP contribution in [0.1, 0.15) is 32.6 Å². The van der Waals surface area contributed by atoms with Crippen molar-refractivity contribution in [2.75, 3.05) is 31.6 Å². The van der Waals surface area contributed by atoms with Gasteiger partial charge in [0.15, 0.2) is 0 Å². The predicted molar refractivity (Wildman–Crippen MR) is 66.5 cm³/mol. The molecule has 0 aromatic carbocycles. The molecule has 2 rings (SSSR count). The first-order valence-corrected chi connectivity index (χ1v) is 7.26. The normalized spacial score (nSPS) is 32.0. The van der Waals surface area contributed by atoms with E-state index >= 15 is 0 Å². The molecule has 1 aliphatic heterocycles. The minimum Gasteiger partial charge on any atom is -0.377 e. The van der Waals surface area contributed by atoms with E-state index in [0.29, 0.717) is 11.5 Å². The van der Waals surface area contributed by atoms with E-state index in [2.05, 4.69) is 27.8 Å². The number of alkyl halides is 1. The van der Waals surface area contributed by atoms with Gasteiger partial charge in [-0.1, -0.05) is 22.4 Å². The standard InChI is InChI=1S/C12H22BrNO/c1-11-8-14(6-3-7-15-11)10-12(9-13)4-2-5-12/h11H,2-10H2,1H3. The van der Waals surface area contributed by atoms with E-state index in [1.54, 1.807) is 0 Å². The minimum atomic E-state index is 0.417. The van der Waals surface area contributed by atoms with Crippen LogP contribution in [0.15, 0.2) is 0 Å². The van der Waals surface area contributed by atoms with Crippen molar-refractivity contribution in [3.05, 3.63) is 0 Å². The Hall–Kier alpha value is 0.400. The van der Waals surface area contributed by atoms with E-state index in [-0.39, 0.29) is 0 Å². The van der Waals surface area contributed by atoms with Crippen molar-refractivity contribution in [1.29, 1.82) is 0 Å². The summed E-state index contributed by atoms with van der Waals surface area (Å²) >= 11 is 3.69. The van der Waals surface area contributed by atoms with Crippen LogP contribution in [0.25, 0.3) is 0 Å². The highest BCUT2D eigenvalue weighted by molar-refractivity contribution is 9.09. The Morgan fingerprint density at radius 1 is 1.40 bits per heavy atom. The summed E-state index contributed by atoms with van der Waals surface area (Å²) in [7, 11) is 0. The highest BCUT2D eigenvalue weighted by Gasteiger charge is 2.37. The number of hydrogen-bond acceptors (Lipinski definition) is 2. The van der Waals surface area contributed by atoms with Crippen molar-refractivity contribution in [1.82, 2.24) is 4.90 Å². The topological polar surface area (TPSA) is 12.5 Å². The summed E-state index contributed by atoms with van der Waals surface area (Å²) in [6.45, 7) is 6.75. The summed E-state index contributed by atoms with van der Waals surface area (Å²) in [6, 6.07) is 0. The number of halogens is 1. The lowest BCUT2D eigenvalue weighted by Crippen LogP contribution is -2.45. The maximum atomic E-state index is 5.68. The lowest BCUT2D eigenvalue weighted by molar-refractivity contribution is 0.0481. The fourth-order valence-corrected chi connectivity index (χ4v) is 3.45. The quantitative estimate of drug-likeness (QED) is 0.735. The van der Waals surface area contributed by atoms with Crippen LogP contribution in [0, 0.1) is 5.41 Å². The first kappa shape index (κ1) is 11.9. The Morgan fingerprint density at radius 3 is 2.80 bits per heavy atom. The second-order valence-electron chi connectivity index (χ2n) is 5.26. The Morgan fingerprint density at radius 2 is 2.20 bits per heavy atom. The van der Waals surface area contributed by atoms with E-state index in [0.717, 1.165) is 13.2 Å². The number of ether oxygens (including phenoxy) is 1. The van der Waals surface area contributed by atoms with Crippen molar-refractivity contribution in [2.24, 2.45) is 5.41 Å². The first-order chi connectivity index (χ1) is 7.24. The Labute approximate surface area is 101 Å². The highest BCUT2D eigenvalue weighted by Crippen LogP contribution is 2.43. The van der Waals surface area contributed by atoms with E-state index in [1.807, 2.05) is 0 Å². The van der Waals surface area contributed by atoms with Crippen LogP contribution in [0.5, 0.6) is 0 Å². The minimum absolute atomic E-state index is 0.417. The third-order valence-electron chi connectivity index (χ3n) is 3.79. The summed E-state index contributed by atoms with van der Waals surface area (Å²) in [5.41, 5.74) is 0.587. The largest absolute Gasteiger partial charge is 0.377 e. The molecule has 2 nitrogen and oxygen atoms in total. The number of hydrogen-bond donors (Lipinski definition) is 0. The molecule has 2 fully saturated rings. The fourth-order valence-electron chi connectivity index (χ4n) is 2.71. The molecule has 0 N–H and O–H groups in total. The van der Waals surface area contributed by atoms with Gasteiger partial charge in [-0.2, -0.15) is 0 Å². The third kappa shape index (κ3) is 2.95. The zero-order valence-corrected chi connectivity index (χ0v) is 11.3. The molecule has 1 unspecified atom stereocenters. The monoisotopic (exact) mass is 275 g/mol. The van der Waals surface area contributed by atoms with Crippen LogP contribution in [-0.2, 0) is 4.74 Å². The summed E-state index contributed by atoms with van der Waals surface area (Å²) in [5, 5.41) is 1.17. The second kappa shape index (κ2) is 5.15. The second-order valence-corrected chi connectivity index (χ2v) is 5.82. The van der Waals surface area contributed by atoms with Crippen LogP contribution >= 0.6 is 15.9 Å². The van der Waals surface area contributed by atoms with Crippen molar-refractivity contribution >= 4 is 15.9 Å². The van der Waals surface area contributed by atoms with Crippen LogP contribution in [0.4, 0.5) is 0 Å². The van der Waals surface area contributed by atoms with Gasteiger partial charge >= 0.3 is 0 Å². The average molecular weight is 276 g/mol. The maximum absolute atomic E-state index is 5.68. The first-order valence-electron chi connectivity index (χ1n) is 6.14. The molecule has 0 bridgehead atoms. The Balaban J connectivity index is 1.86. The van der Waals surface area contributed by atoms with Gasteiger partial charge in [-0.3, -0.25) is 0 Å². The summed E-state index contributed by atoms with van der Waals surface area (Å²) in [5.74, 6) is 0. The Kier molecular flexibility index (Phi) is 4.08. The molecule has 0 radical (unpaired) electrons. The van der Waals surface area contributed by atoms with Crippen molar-refractivity contribution in [3.63, 3.8) is 0 Å². The molecule has 1 saturated carbocycles. The fraction of sp³-hybridized carbons (Fsp3) is 1.00. The van der Waals surface area contributed by atoms with Gasteiger partial charge in [0.2, 0.25) is 0 Å². The molecular formula is C12H22BrNO. The summed E-state index contributed by atoms with van der Waals surface area (Å²) < 4.78 is 5.68. The van der Waals surface area contributed by atoms with Gasteiger partial charge in [-0.15, -0.1) is 0 Å². The van der Waals surface area contributed by atoms with Gasteiger partial charge in [0.25, 0.3) is 0 Å². The molecule has 2 aliphatic rings. The van der Waals surface area contributed by atoms with Gasteiger partial charge in [0.05, 0.1) is 6.10 Å². The third-order valence-corrected chi connectivity index (χ3v) is 4.98. The van der Waals surface area contributed by atoms with Gasteiger partial charge in [-0.05, 0) is 31.6 Å². The molecular weight excluding hydrogens is 254 g/mol. The maximum Gasteiger partial charge on any atom is 0.0673 e. The lowest BCUT2D eigenvalue weighted by atomic mass is 9.70. The van der Waals surface area contributed by atoms with E-state index in [9.17, 15) is 0 Å². The molecule has 1 saturated heterocycles. The molecule has 0 aromatic heterocycles. The molecule has 88 valence electrons. The number of rotatable bonds is 3. The smallest absolute Gasteiger partial charge is 0.0673 e. The lowest BCUT2D eigenvalue weighted by Gasteiger charge is -2.44. The van der Waals surface area contributed by atoms with Crippen LogP contribution in [0.2, 0.25) is 0 Å². The summed E-state index contributed by atoms with van der Waals surface area (Å²) in [4.78, 5) is 2.61. The van der Waals surface area contributed by atoms with Crippen molar-refractivity contribution in [2.45, 2.75) is 38.7 Å². The van der Waals surface area contributed by atoms with Crippen LogP contribution < -0.4 is 0 Å². The zero-order chi connectivity index (χ0) is 10.7. The van der Waals surface area contributed by atoms with E-state index in [1.165, 1.54) is 44.1 Å². The highest BCUT2D eigenvalue weighted by atomic mass is 79.9. The van der Waals surface area contributed by atoms with Crippen molar-refractivity contribution < 1.29 is 4.74 Å². The zero-order valence-electron chi connectivity index (χ0n) is 9.67. The average Bonchev–Trinajstić information content (AvgIpc) is 2.36. The Bertz CT molecular complexity index is 200. The molecule has 1 aliphatic carbocycles. The molecule has 15 heavy (non-hydrogen) atoms. The van der Waals surface area contributed by atoms with Gasteiger partial charge in [0.1, 0.15) is 0 Å². The molecule has 0 spiro atoms. The van der Waals surface area contributed by atoms with E-state index < -0.39 is 0 Å². The molecule has 0 amide bonds.